The van der Waals surface area contributed by atoms with Gasteiger partial charge in [0.1, 0.15) is 41.3 Å². The van der Waals surface area contributed by atoms with Gasteiger partial charge in [-0.15, -0.1) is 0 Å². The molecule has 3 aromatic rings. The van der Waals surface area contributed by atoms with Gasteiger partial charge in [0, 0.05) is 25.9 Å². The molecular formula is C21H25F4N7O2. The van der Waals surface area contributed by atoms with Crippen molar-refractivity contribution in [2.75, 3.05) is 30.4 Å². The van der Waals surface area contributed by atoms with Gasteiger partial charge in [-0.25, -0.2) is 19.3 Å². The number of piperidine rings is 1. The van der Waals surface area contributed by atoms with Crippen LogP contribution in [0.1, 0.15) is 38.2 Å². The van der Waals surface area contributed by atoms with Gasteiger partial charge in [0.25, 0.3) is 0 Å². The molecule has 0 aliphatic carbocycles. The third-order valence-corrected chi connectivity index (χ3v) is 5.80. The fourth-order valence-corrected chi connectivity index (χ4v) is 3.97. The predicted molar refractivity (Wildman–Crippen MR) is 117 cm³/mol. The standard InChI is InChI=1S/C21H25F4N7O2/c1-11(33)19-28-14-9-27-18(8-15(14)32(19)12(2)21(23,24)25)29-17-4-6-26-20(30-17)31-7-5-16(34-3)13(22)10-31/h4,6,8-9,11-13,16,33H,5,7,10H2,1-3H3,(H,26,27,29,30). The van der Waals surface area contributed by atoms with Crippen LogP contribution in [0.25, 0.3) is 11.0 Å². The van der Waals surface area contributed by atoms with E-state index in [1.54, 1.807) is 11.0 Å². The molecule has 1 aliphatic rings. The number of aliphatic hydroxyl groups is 1. The Morgan fingerprint density at radius 3 is 2.62 bits per heavy atom. The molecule has 4 rings (SSSR count). The number of alkyl halides is 4. The van der Waals surface area contributed by atoms with Gasteiger partial charge >= 0.3 is 6.18 Å². The van der Waals surface area contributed by atoms with Crippen molar-refractivity contribution in [2.45, 2.75) is 50.9 Å². The molecule has 4 unspecified atom stereocenters. The van der Waals surface area contributed by atoms with Crippen LogP contribution in [0.5, 0.6) is 0 Å². The van der Waals surface area contributed by atoms with E-state index in [1.807, 2.05) is 0 Å². The molecular weight excluding hydrogens is 458 g/mol. The van der Waals surface area contributed by atoms with Crippen LogP contribution in [0.3, 0.4) is 0 Å². The van der Waals surface area contributed by atoms with Gasteiger partial charge < -0.3 is 24.6 Å². The number of halogens is 4. The minimum absolute atomic E-state index is 0.0861. The first-order chi connectivity index (χ1) is 16.1. The highest BCUT2D eigenvalue weighted by Gasteiger charge is 2.40. The highest BCUT2D eigenvalue weighted by atomic mass is 19.4. The molecule has 13 heteroatoms. The van der Waals surface area contributed by atoms with Crippen LogP contribution in [0.4, 0.5) is 35.1 Å². The zero-order valence-corrected chi connectivity index (χ0v) is 18.8. The minimum atomic E-state index is -4.54. The Morgan fingerprint density at radius 2 is 1.97 bits per heavy atom. The molecule has 0 aromatic carbocycles. The number of aromatic nitrogens is 5. The van der Waals surface area contributed by atoms with Gasteiger partial charge in [-0.3, -0.25) is 0 Å². The molecule has 1 saturated heterocycles. The van der Waals surface area contributed by atoms with Crippen molar-refractivity contribution in [3.8, 4) is 0 Å². The smallest absolute Gasteiger partial charge is 0.385 e. The van der Waals surface area contributed by atoms with E-state index in [2.05, 4.69) is 25.3 Å². The van der Waals surface area contributed by atoms with Crippen molar-refractivity contribution in [1.82, 2.24) is 24.5 Å². The first-order valence-electron chi connectivity index (χ1n) is 10.7. The number of imidazole rings is 1. The lowest BCUT2D eigenvalue weighted by molar-refractivity contribution is -0.163. The monoisotopic (exact) mass is 483 g/mol. The zero-order chi connectivity index (χ0) is 24.6. The summed E-state index contributed by atoms with van der Waals surface area (Å²) in [6.07, 6.45) is -4.08. The summed E-state index contributed by atoms with van der Waals surface area (Å²) in [7, 11) is 1.48. The molecule has 34 heavy (non-hydrogen) atoms. The summed E-state index contributed by atoms with van der Waals surface area (Å²) in [5.74, 6) is 0.775. The number of nitrogens with one attached hydrogen (secondary N) is 1. The number of methoxy groups -OCH3 is 1. The van der Waals surface area contributed by atoms with E-state index in [0.717, 1.165) is 11.5 Å². The molecule has 4 atom stereocenters. The number of ether oxygens (including phenoxy) is 1. The molecule has 0 spiro atoms. The van der Waals surface area contributed by atoms with Gasteiger partial charge in [-0.1, -0.05) is 0 Å². The second kappa shape index (κ2) is 9.29. The molecule has 1 fully saturated rings. The molecule has 184 valence electrons. The second-order valence-electron chi connectivity index (χ2n) is 8.18. The number of fused-ring (bicyclic) bond motifs is 1. The fraction of sp³-hybridized carbons (Fsp3) is 0.524. The van der Waals surface area contributed by atoms with Gasteiger partial charge in [0.2, 0.25) is 5.95 Å². The van der Waals surface area contributed by atoms with E-state index in [1.165, 1.54) is 32.5 Å². The van der Waals surface area contributed by atoms with Crippen molar-refractivity contribution in [3.05, 3.63) is 30.4 Å². The number of anilines is 3. The molecule has 1 aliphatic heterocycles. The van der Waals surface area contributed by atoms with E-state index in [0.29, 0.717) is 24.7 Å². The maximum absolute atomic E-state index is 14.3. The second-order valence-corrected chi connectivity index (χ2v) is 8.18. The number of rotatable bonds is 6. The SMILES string of the molecule is COC1CCN(c2nccc(Nc3cc4c(cn3)nc(C(C)O)n4C(C)C(F)(F)F)n2)CC1F. The van der Waals surface area contributed by atoms with Crippen LogP contribution in [0.15, 0.2) is 24.5 Å². The molecule has 0 bridgehead atoms. The third-order valence-electron chi connectivity index (χ3n) is 5.80. The summed E-state index contributed by atoms with van der Waals surface area (Å²) in [6.45, 7) is 2.96. The van der Waals surface area contributed by atoms with Crippen molar-refractivity contribution in [3.63, 3.8) is 0 Å². The topological polar surface area (TPSA) is 101 Å². The lowest BCUT2D eigenvalue weighted by Gasteiger charge is -2.33. The van der Waals surface area contributed by atoms with Gasteiger partial charge in [0.05, 0.1) is 24.4 Å². The van der Waals surface area contributed by atoms with Crippen molar-refractivity contribution >= 4 is 28.6 Å². The van der Waals surface area contributed by atoms with Crippen LogP contribution in [-0.2, 0) is 4.74 Å². The summed E-state index contributed by atoms with van der Waals surface area (Å²) < 4.78 is 60.9. The first-order valence-corrected chi connectivity index (χ1v) is 10.7. The van der Waals surface area contributed by atoms with Crippen LogP contribution >= 0.6 is 0 Å². The highest BCUT2D eigenvalue weighted by Crippen LogP contribution is 2.36. The molecule has 0 amide bonds. The summed E-state index contributed by atoms with van der Waals surface area (Å²) in [4.78, 5) is 18.7. The Bertz CT molecular complexity index is 1150. The quantitative estimate of drug-likeness (QED) is 0.512. The molecule has 0 saturated carbocycles. The summed E-state index contributed by atoms with van der Waals surface area (Å²) in [5, 5.41) is 12.9. The Kier molecular flexibility index (Phi) is 6.58. The van der Waals surface area contributed by atoms with E-state index < -0.39 is 30.6 Å². The summed E-state index contributed by atoms with van der Waals surface area (Å²) in [5.41, 5.74) is 0.380. The average Bonchev–Trinajstić information content (AvgIpc) is 3.17. The first kappa shape index (κ1) is 24.1. The molecule has 3 aromatic heterocycles. The number of aliphatic hydroxyl groups excluding tert-OH is 1. The number of hydrogen-bond donors (Lipinski definition) is 2. The highest BCUT2D eigenvalue weighted by molar-refractivity contribution is 5.79. The van der Waals surface area contributed by atoms with Crippen LogP contribution in [-0.4, -0.2) is 68.3 Å². The predicted octanol–water partition coefficient (Wildman–Crippen LogP) is 3.70. The van der Waals surface area contributed by atoms with E-state index >= 15 is 0 Å². The summed E-state index contributed by atoms with van der Waals surface area (Å²) in [6, 6.07) is 1.08. The average molecular weight is 483 g/mol. The molecule has 9 nitrogen and oxygen atoms in total. The lowest BCUT2D eigenvalue weighted by Crippen LogP contribution is -2.46. The Balaban J connectivity index is 1.62. The van der Waals surface area contributed by atoms with E-state index in [9.17, 15) is 22.7 Å². The number of hydrogen-bond acceptors (Lipinski definition) is 8. The summed E-state index contributed by atoms with van der Waals surface area (Å²) >= 11 is 0. The van der Waals surface area contributed by atoms with Gasteiger partial charge in [0.15, 0.2) is 0 Å². The fourth-order valence-electron chi connectivity index (χ4n) is 3.97. The van der Waals surface area contributed by atoms with Gasteiger partial charge in [-0.05, 0) is 26.3 Å². The van der Waals surface area contributed by atoms with Crippen molar-refractivity contribution < 1.29 is 27.4 Å². The van der Waals surface area contributed by atoms with Crippen LogP contribution < -0.4 is 10.2 Å². The Morgan fingerprint density at radius 1 is 1.21 bits per heavy atom. The minimum Gasteiger partial charge on any atom is -0.385 e. The van der Waals surface area contributed by atoms with Crippen LogP contribution in [0.2, 0.25) is 0 Å². The Hall–Kier alpha value is -3.06. The zero-order valence-electron chi connectivity index (χ0n) is 18.8. The van der Waals surface area contributed by atoms with Crippen LogP contribution in [0, 0.1) is 0 Å². The number of pyridine rings is 1. The normalized spacial score (nSPS) is 21.0. The van der Waals surface area contributed by atoms with Gasteiger partial charge in [-0.2, -0.15) is 18.2 Å². The van der Waals surface area contributed by atoms with E-state index in [4.69, 9.17) is 4.74 Å². The molecule has 0 radical (unpaired) electrons. The maximum Gasteiger partial charge on any atom is 0.408 e. The van der Waals surface area contributed by atoms with E-state index in [-0.39, 0.29) is 29.2 Å². The molecule has 4 heterocycles. The largest absolute Gasteiger partial charge is 0.408 e. The lowest BCUT2D eigenvalue weighted by atomic mass is 10.1. The Labute approximate surface area is 192 Å². The maximum atomic E-state index is 14.3. The number of nitrogens with zero attached hydrogens (tertiary/aromatic N) is 6. The van der Waals surface area contributed by atoms with Crippen molar-refractivity contribution in [1.29, 1.82) is 0 Å². The van der Waals surface area contributed by atoms with Crippen molar-refractivity contribution in [2.24, 2.45) is 0 Å². The third kappa shape index (κ3) is 4.75. The molecule has 2 N–H and O–H groups in total.